The van der Waals surface area contributed by atoms with Gasteiger partial charge in [0.25, 0.3) is 0 Å². The number of amides is 1. The fourth-order valence-corrected chi connectivity index (χ4v) is 4.75. The molecule has 0 radical (unpaired) electrons. The number of hydrogen-bond acceptors (Lipinski definition) is 6. The number of nitrogens with zero attached hydrogens (tertiary/aromatic N) is 4. The lowest BCUT2D eigenvalue weighted by atomic mass is 10.0. The second-order valence-corrected chi connectivity index (χ2v) is 8.88. The van der Waals surface area contributed by atoms with Crippen LogP contribution in [0.15, 0.2) is 60.4 Å². The zero-order chi connectivity index (χ0) is 23.9. The van der Waals surface area contributed by atoms with Crippen molar-refractivity contribution in [2.45, 2.75) is 13.3 Å². The molecule has 0 fully saturated rings. The first-order valence-corrected chi connectivity index (χ1v) is 11.8. The van der Waals surface area contributed by atoms with Crippen LogP contribution in [0.25, 0.3) is 55.2 Å². The summed E-state index contributed by atoms with van der Waals surface area (Å²) >= 11 is 1.62. The number of carbonyl (C=O) groups is 1. The number of aromatic nitrogens is 6. The maximum Gasteiger partial charge on any atom is 0.224 e. The molecule has 0 unspecified atom stereocenters. The van der Waals surface area contributed by atoms with Crippen molar-refractivity contribution in [3.8, 4) is 33.1 Å². The SMILES string of the molecule is CCC(=O)Nc1cncc(-c2cc(F)c3[nH]nc(-c4nc5c(-c6cccs6)ccnc5[nH]4)c3c2)c1. The van der Waals surface area contributed by atoms with E-state index in [0.29, 0.717) is 45.8 Å². The highest BCUT2D eigenvalue weighted by Crippen LogP contribution is 2.35. The average Bonchev–Trinajstić information content (AvgIpc) is 3.63. The molecule has 35 heavy (non-hydrogen) atoms. The Kier molecular flexibility index (Phi) is 5.07. The van der Waals surface area contributed by atoms with Crippen LogP contribution < -0.4 is 5.32 Å². The summed E-state index contributed by atoms with van der Waals surface area (Å²) in [4.78, 5) is 29.5. The van der Waals surface area contributed by atoms with Crippen LogP contribution in [0.4, 0.5) is 10.1 Å². The number of benzene rings is 1. The molecule has 6 rings (SSSR count). The van der Waals surface area contributed by atoms with Crippen molar-refractivity contribution in [3.63, 3.8) is 0 Å². The van der Waals surface area contributed by atoms with Gasteiger partial charge in [-0.3, -0.25) is 14.9 Å². The van der Waals surface area contributed by atoms with Gasteiger partial charge < -0.3 is 10.3 Å². The van der Waals surface area contributed by atoms with Crippen molar-refractivity contribution >= 4 is 45.0 Å². The molecular weight excluding hydrogens is 465 g/mol. The van der Waals surface area contributed by atoms with Crippen molar-refractivity contribution < 1.29 is 9.18 Å². The van der Waals surface area contributed by atoms with Gasteiger partial charge in [0.1, 0.15) is 22.5 Å². The summed E-state index contributed by atoms with van der Waals surface area (Å²) in [6.45, 7) is 1.77. The van der Waals surface area contributed by atoms with E-state index in [1.54, 1.807) is 42.9 Å². The summed E-state index contributed by atoms with van der Waals surface area (Å²) < 4.78 is 15.1. The van der Waals surface area contributed by atoms with Gasteiger partial charge in [0.2, 0.25) is 5.91 Å². The Hall–Kier alpha value is -4.44. The van der Waals surface area contributed by atoms with Crippen molar-refractivity contribution in [2.75, 3.05) is 5.32 Å². The van der Waals surface area contributed by atoms with Crippen molar-refractivity contribution in [1.29, 1.82) is 0 Å². The number of imidazole rings is 1. The Bertz CT molecular complexity index is 1700. The third kappa shape index (κ3) is 3.73. The normalized spacial score (nSPS) is 11.4. The highest BCUT2D eigenvalue weighted by Gasteiger charge is 2.19. The molecule has 5 heterocycles. The fraction of sp³-hybridized carbons (Fsp3) is 0.0800. The van der Waals surface area contributed by atoms with Crippen LogP contribution >= 0.6 is 11.3 Å². The number of fused-ring (bicyclic) bond motifs is 2. The smallest absolute Gasteiger partial charge is 0.224 e. The van der Waals surface area contributed by atoms with Crippen LogP contribution in [0.2, 0.25) is 0 Å². The molecule has 1 aromatic carbocycles. The zero-order valence-corrected chi connectivity index (χ0v) is 19.3. The molecule has 6 aromatic rings. The molecule has 0 bridgehead atoms. The fourth-order valence-electron chi connectivity index (χ4n) is 4.00. The molecule has 0 saturated carbocycles. The predicted octanol–water partition coefficient (Wildman–Crippen LogP) is 5.78. The largest absolute Gasteiger partial charge is 0.325 e. The number of aromatic amines is 2. The van der Waals surface area contributed by atoms with Gasteiger partial charge in [0.15, 0.2) is 11.5 Å². The third-order valence-corrected chi connectivity index (χ3v) is 6.60. The molecule has 10 heteroatoms. The number of halogens is 1. The van der Waals surface area contributed by atoms with E-state index < -0.39 is 5.82 Å². The van der Waals surface area contributed by atoms with Crippen LogP contribution in [0, 0.1) is 5.82 Å². The molecule has 0 aliphatic heterocycles. The number of rotatable bonds is 5. The molecule has 0 saturated heterocycles. The van der Waals surface area contributed by atoms with E-state index in [1.807, 2.05) is 29.6 Å². The van der Waals surface area contributed by atoms with Gasteiger partial charge in [0.05, 0.1) is 11.9 Å². The van der Waals surface area contributed by atoms with Gasteiger partial charge in [-0.25, -0.2) is 14.4 Å². The Morgan fingerprint density at radius 1 is 1.17 bits per heavy atom. The zero-order valence-electron chi connectivity index (χ0n) is 18.5. The summed E-state index contributed by atoms with van der Waals surface area (Å²) in [5, 5.41) is 12.5. The highest BCUT2D eigenvalue weighted by molar-refractivity contribution is 7.13. The standard InChI is InChI=1S/C25H18FN7OS/c1-2-20(34)29-15-8-14(11-27-12-15)13-9-17-21(18(26)10-13)32-33-23(17)25-30-22-16(19-4-3-7-35-19)5-6-28-24(22)31-25/h3-12H,2H2,1H3,(H,29,34)(H,32,33)(H,28,30,31). The van der Waals surface area contributed by atoms with Crippen LogP contribution in [0.5, 0.6) is 0 Å². The van der Waals surface area contributed by atoms with Crippen LogP contribution in [-0.4, -0.2) is 36.0 Å². The van der Waals surface area contributed by atoms with E-state index in [1.165, 1.54) is 6.07 Å². The second-order valence-electron chi connectivity index (χ2n) is 7.94. The molecule has 172 valence electrons. The van der Waals surface area contributed by atoms with Gasteiger partial charge in [-0.1, -0.05) is 13.0 Å². The molecule has 0 aliphatic rings. The lowest BCUT2D eigenvalue weighted by Crippen LogP contribution is -2.09. The molecule has 0 atom stereocenters. The monoisotopic (exact) mass is 483 g/mol. The molecule has 5 aromatic heterocycles. The number of nitrogens with one attached hydrogen (secondary N) is 3. The summed E-state index contributed by atoms with van der Waals surface area (Å²) in [6, 6.07) is 11.0. The van der Waals surface area contributed by atoms with Crippen LogP contribution in [0.1, 0.15) is 13.3 Å². The summed E-state index contributed by atoms with van der Waals surface area (Å²) in [5.74, 6) is -0.0859. The highest BCUT2D eigenvalue weighted by atomic mass is 32.1. The number of thiophene rings is 1. The van der Waals surface area contributed by atoms with Crippen molar-refractivity contribution in [1.82, 2.24) is 30.1 Å². The lowest BCUT2D eigenvalue weighted by molar-refractivity contribution is -0.115. The molecular formula is C25H18FN7OS. The minimum Gasteiger partial charge on any atom is -0.325 e. The van der Waals surface area contributed by atoms with E-state index in [-0.39, 0.29) is 11.4 Å². The van der Waals surface area contributed by atoms with Gasteiger partial charge in [-0.2, -0.15) is 5.10 Å². The Balaban J connectivity index is 1.47. The maximum absolute atomic E-state index is 15.1. The number of carbonyl (C=O) groups excluding carboxylic acids is 1. The molecule has 0 spiro atoms. The predicted molar refractivity (Wildman–Crippen MR) is 134 cm³/mol. The Labute approximate surface area is 202 Å². The van der Waals surface area contributed by atoms with E-state index >= 15 is 4.39 Å². The number of hydrogen-bond donors (Lipinski definition) is 3. The van der Waals surface area contributed by atoms with Gasteiger partial charge in [-0.05, 0) is 41.3 Å². The average molecular weight is 484 g/mol. The first kappa shape index (κ1) is 21.1. The molecule has 8 nitrogen and oxygen atoms in total. The Morgan fingerprint density at radius 2 is 2.09 bits per heavy atom. The topological polar surface area (TPSA) is 112 Å². The van der Waals surface area contributed by atoms with E-state index in [4.69, 9.17) is 4.98 Å². The quantitative estimate of drug-likeness (QED) is 0.288. The number of pyridine rings is 2. The lowest BCUT2D eigenvalue weighted by Gasteiger charge is -2.07. The van der Waals surface area contributed by atoms with Crippen molar-refractivity contribution in [2.24, 2.45) is 0 Å². The molecule has 1 amide bonds. The summed E-state index contributed by atoms with van der Waals surface area (Å²) in [7, 11) is 0. The van der Waals surface area contributed by atoms with Gasteiger partial charge >= 0.3 is 0 Å². The maximum atomic E-state index is 15.1. The van der Waals surface area contributed by atoms with Gasteiger partial charge in [0, 0.05) is 40.2 Å². The summed E-state index contributed by atoms with van der Waals surface area (Å²) in [6.07, 6.45) is 5.27. The second kappa shape index (κ2) is 8.41. The first-order chi connectivity index (χ1) is 17.1. The van der Waals surface area contributed by atoms with Crippen LogP contribution in [-0.2, 0) is 4.79 Å². The van der Waals surface area contributed by atoms with E-state index in [9.17, 15) is 4.79 Å². The molecule has 0 aliphatic carbocycles. The summed E-state index contributed by atoms with van der Waals surface area (Å²) in [5.41, 5.74) is 4.90. The van der Waals surface area contributed by atoms with Crippen molar-refractivity contribution in [3.05, 3.63) is 66.2 Å². The number of anilines is 1. The van der Waals surface area contributed by atoms with Gasteiger partial charge in [-0.15, -0.1) is 11.3 Å². The Morgan fingerprint density at radius 3 is 2.91 bits per heavy atom. The third-order valence-electron chi connectivity index (χ3n) is 5.70. The minimum absolute atomic E-state index is 0.122. The van der Waals surface area contributed by atoms with Crippen LogP contribution in [0.3, 0.4) is 0 Å². The minimum atomic E-state index is -0.451. The van der Waals surface area contributed by atoms with E-state index in [0.717, 1.165) is 16.0 Å². The van der Waals surface area contributed by atoms with E-state index in [2.05, 4.69) is 30.5 Å². The first-order valence-electron chi connectivity index (χ1n) is 10.9. The number of H-pyrrole nitrogens is 2. The molecule has 3 N–H and O–H groups in total.